The van der Waals surface area contributed by atoms with E-state index in [2.05, 4.69) is 10.1 Å². The van der Waals surface area contributed by atoms with E-state index in [1.54, 1.807) is 0 Å². The van der Waals surface area contributed by atoms with E-state index in [0.717, 1.165) is 11.3 Å². The van der Waals surface area contributed by atoms with Crippen molar-refractivity contribution < 1.29 is 33.1 Å². The maximum atomic E-state index is 14.1. The number of carbonyl (C=O) groups excluding carboxylic acids is 1. The lowest BCUT2D eigenvalue weighted by Gasteiger charge is -2.00. The van der Waals surface area contributed by atoms with Crippen molar-refractivity contribution in [1.29, 1.82) is 0 Å². The van der Waals surface area contributed by atoms with Crippen LogP contribution < -0.4 is 4.74 Å². The minimum Gasteiger partial charge on any atom is -0.473 e. The van der Waals surface area contributed by atoms with Crippen LogP contribution in [0.15, 0.2) is 28.8 Å². The summed E-state index contributed by atoms with van der Waals surface area (Å²) in [5, 5.41) is 12.5. The van der Waals surface area contributed by atoms with Crippen LogP contribution in [0.5, 0.6) is 5.19 Å². The first-order chi connectivity index (χ1) is 13.9. The third-order valence-corrected chi connectivity index (χ3v) is 4.98. The molecular weight excluding hydrogens is 427 g/mol. The highest BCUT2D eigenvalue weighted by Crippen LogP contribution is 2.37. The molecule has 152 valence electrons. The second kappa shape index (κ2) is 9.12. The summed E-state index contributed by atoms with van der Waals surface area (Å²) in [7, 11) is 0. The monoisotopic (exact) mass is 440 g/mol. The van der Waals surface area contributed by atoms with Gasteiger partial charge in [-0.1, -0.05) is 34.2 Å². The zero-order chi connectivity index (χ0) is 21.0. The molecule has 3 rings (SSSR count). The van der Waals surface area contributed by atoms with Gasteiger partial charge in [-0.15, -0.1) is 0 Å². The molecule has 0 radical (unpaired) electrons. The summed E-state index contributed by atoms with van der Waals surface area (Å²) in [5.74, 6) is -3.59. The first kappa shape index (κ1) is 20.9. The number of hydrogen-bond donors (Lipinski definition) is 1. The summed E-state index contributed by atoms with van der Waals surface area (Å²) >= 11 is 7.04. The van der Waals surface area contributed by atoms with Gasteiger partial charge in [0.25, 0.3) is 5.19 Å². The number of benzene rings is 1. The van der Waals surface area contributed by atoms with Crippen LogP contribution in [0, 0.1) is 5.82 Å². The van der Waals surface area contributed by atoms with Gasteiger partial charge >= 0.3 is 11.9 Å². The molecule has 0 aliphatic heterocycles. The van der Waals surface area contributed by atoms with Crippen molar-refractivity contribution >= 4 is 34.9 Å². The molecule has 2 aromatic heterocycles. The van der Waals surface area contributed by atoms with Crippen LogP contribution in [0.1, 0.15) is 11.8 Å². The third-order valence-electron chi connectivity index (χ3n) is 3.67. The van der Waals surface area contributed by atoms with Crippen molar-refractivity contribution in [2.24, 2.45) is 0 Å². The van der Waals surface area contributed by atoms with Crippen LogP contribution >= 0.6 is 22.9 Å². The maximum Gasteiger partial charge on any atom is 0.424 e. The smallest absolute Gasteiger partial charge is 0.424 e. The number of nitrogens with zero attached hydrogens (tertiary/aromatic N) is 2. The molecule has 0 amide bonds. The van der Waals surface area contributed by atoms with Crippen molar-refractivity contribution in [3.63, 3.8) is 0 Å². The minimum atomic E-state index is -1.74. The molecule has 1 N–H and O–H groups in total. The van der Waals surface area contributed by atoms with E-state index < -0.39 is 17.8 Å². The normalized spacial score (nSPS) is 10.9. The lowest BCUT2D eigenvalue weighted by atomic mass is 10.1. The Labute approximate surface area is 172 Å². The van der Waals surface area contributed by atoms with Crippen molar-refractivity contribution in [1.82, 2.24) is 10.1 Å². The van der Waals surface area contributed by atoms with Crippen molar-refractivity contribution in [3.05, 3.63) is 40.0 Å². The number of esters is 1. The fourth-order valence-corrected chi connectivity index (χ4v) is 3.57. The molecule has 2 heterocycles. The molecule has 8 nitrogen and oxygen atoms in total. The van der Waals surface area contributed by atoms with E-state index in [9.17, 15) is 14.0 Å². The average Bonchev–Trinajstić information content (AvgIpc) is 3.29. The molecule has 0 aliphatic carbocycles. The number of hydrogen-bond acceptors (Lipinski definition) is 8. The Hall–Kier alpha value is -2.82. The average molecular weight is 441 g/mol. The van der Waals surface area contributed by atoms with Gasteiger partial charge in [0.05, 0.1) is 17.2 Å². The van der Waals surface area contributed by atoms with Crippen molar-refractivity contribution in [3.8, 4) is 27.9 Å². The van der Waals surface area contributed by atoms with Gasteiger partial charge in [-0.05, 0) is 19.1 Å². The second-order valence-corrected chi connectivity index (χ2v) is 7.02. The molecule has 0 saturated heterocycles. The van der Waals surface area contributed by atoms with E-state index in [-0.39, 0.29) is 32.9 Å². The van der Waals surface area contributed by atoms with Gasteiger partial charge in [0.15, 0.2) is 5.76 Å². The molecule has 0 atom stereocenters. The molecule has 0 fully saturated rings. The zero-order valence-corrected chi connectivity index (χ0v) is 16.6. The largest absolute Gasteiger partial charge is 0.473 e. The SMILES string of the molecule is CCOCCc1sc(OC(=O)C(=O)O)nc1-c1cc(-c2c(F)cccc2Cl)no1. The topological polar surface area (TPSA) is 112 Å². The van der Waals surface area contributed by atoms with E-state index in [1.807, 2.05) is 6.92 Å². The molecule has 0 bridgehead atoms. The minimum absolute atomic E-state index is 0.0767. The lowest BCUT2D eigenvalue weighted by molar-refractivity contribution is -0.158. The van der Waals surface area contributed by atoms with Crippen LogP contribution in [0.25, 0.3) is 22.7 Å². The van der Waals surface area contributed by atoms with Gasteiger partial charge in [0.2, 0.25) is 0 Å². The molecule has 0 unspecified atom stereocenters. The number of carboxylic acids is 1. The Bertz CT molecular complexity index is 1030. The number of thiazole rings is 1. The Kier molecular flexibility index (Phi) is 6.57. The highest BCUT2D eigenvalue weighted by molar-refractivity contribution is 7.14. The molecular formula is C18H14ClFN2O6S. The molecule has 3 aromatic rings. The summed E-state index contributed by atoms with van der Waals surface area (Å²) in [6.07, 6.45) is 0.405. The highest BCUT2D eigenvalue weighted by atomic mass is 35.5. The van der Waals surface area contributed by atoms with Gasteiger partial charge < -0.3 is 19.1 Å². The predicted molar refractivity (Wildman–Crippen MR) is 101 cm³/mol. The number of carbonyl (C=O) groups is 2. The molecule has 0 spiro atoms. The van der Waals surface area contributed by atoms with Crippen LogP contribution in [-0.4, -0.2) is 40.4 Å². The number of carboxylic acid groups (broad SMARTS) is 1. The molecule has 0 saturated carbocycles. The Morgan fingerprint density at radius 2 is 2.17 bits per heavy atom. The fraction of sp³-hybridized carbons (Fsp3) is 0.222. The Morgan fingerprint density at radius 3 is 2.86 bits per heavy atom. The number of aromatic nitrogens is 2. The van der Waals surface area contributed by atoms with Crippen LogP contribution in [0.2, 0.25) is 5.02 Å². The Balaban J connectivity index is 1.96. The summed E-state index contributed by atoms with van der Waals surface area (Å²) in [6, 6.07) is 5.69. The number of aliphatic carboxylic acids is 1. The standard InChI is InChI=1S/C18H14ClFN2O6S/c1-2-26-7-6-13-15(21-18(29-13)27-17(25)16(23)24)12-8-11(22-28-12)14-9(19)4-3-5-10(14)20/h3-5,8H,2,6-7H2,1H3,(H,23,24). The molecule has 1 aromatic carbocycles. The van der Waals surface area contributed by atoms with Crippen molar-refractivity contribution in [2.75, 3.05) is 13.2 Å². The summed E-state index contributed by atoms with van der Waals surface area (Å²) < 4.78 is 29.5. The van der Waals surface area contributed by atoms with Gasteiger partial charge in [0, 0.05) is 24.0 Å². The second-order valence-electron chi connectivity index (χ2n) is 5.57. The van der Waals surface area contributed by atoms with E-state index in [4.69, 9.17) is 30.7 Å². The number of rotatable bonds is 7. The summed E-state index contributed by atoms with van der Waals surface area (Å²) in [5.41, 5.74) is 0.526. The van der Waals surface area contributed by atoms with Crippen LogP contribution in [0.3, 0.4) is 0 Å². The lowest BCUT2D eigenvalue weighted by Crippen LogP contribution is -2.19. The number of halogens is 2. The van der Waals surface area contributed by atoms with Gasteiger partial charge in [0.1, 0.15) is 17.2 Å². The third kappa shape index (κ3) is 4.78. The fourth-order valence-electron chi connectivity index (χ4n) is 2.42. The van der Waals surface area contributed by atoms with E-state index in [1.165, 1.54) is 24.3 Å². The summed E-state index contributed by atoms with van der Waals surface area (Å²) in [4.78, 5) is 26.8. The van der Waals surface area contributed by atoms with Crippen LogP contribution in [0.4, 0.5) is 4.39 Å². The van der Waals surface area contributed by atoms with Gasteiger partial charge in [-0.2, -0.15) is 4.98 Å². The van der Waals surface area contributed by atoms with E-state index >= 15 is 0 Å². The first-order valence-electron chi connectivity index (χ1n) is 8.34. The van der Waals surface area contributed by atoms with Crippen LogP contribution in [-0.2, 0) is 20.7 Å². The van der Waals surface area contributed by atoms with Gasteiger partial charge in [-0.25, -0.2) is 14.0 Å². The quantitative estimate of drug-likeness (QED) is 0.335. The zero-order valence-electron chi connectivity index (χ0n) is 15.0. The highest BCUT2D eigenvalue weighted by Gasteiger charge is 2.23. The van der Waals surface area contributed by atoms with Crippen molar-refractivity contribution in [2.45, 2.75) is 13.3 Å². The summed E-state index contributed by atoms with van der Waals surface area (Å²) in [6.45, 7) is 2.71. The first-order valence-corrected chi connectivity index (χ1v) is 9.54. The Morgan fingerprint density at radius 1 is 1.38 bits per heavy atom. The number of ether oxygens (including phenoxy) is 2. The molecule has 0 aliphatic rings. The maximum absolute atomic E-state index is 14.1. The van der Waals surface area contributed by atoms with E-state index in [0.29, 0.717) is 24.5 Å². The van der Waals surface area contributed by atoms with Gasteiger partial charge in [-0.3, -0.25) is 0 Å². The predicted octanol–water partition coefficient (Wildman–Crippen LogP) is 3.83. The molecule has 11 heteroatoms. The molecule has 29 heavy (non-hydrogen) atoms.